The van der Waals surface area contributed by atoms with Gasteiger partial charge in [-0.15, -0.1) is 0 Å². The summed E-state index contributed by atoms with van der Waals surface area (Å²) in [5, 5.41) is 6.24. The third-order valence-corrected chi connectivity index (χ3v) is 5.62. The Morgan fingerprint density at radius 3 is 2.72 bits per heavy atom. The number of rotatable bonds is 4. The molecule has 2 saturated heterocycles. The van der Waals surface area contributed by atoms with Gasteiger partial charge >= 0.3 is 0 Å². The van der Waals surface area contributed by atoms with E-state index in [-0.39, 0.29) is 23.3 Å². The molecule has 2 unspecified atom stereocenters. The van der Waals surface area contributed by atoms with Crippen molar-refractivity contribution in [3.05, 3.63) is 0 Å². The van der Waals surface area contributed by atoms with Crippen LogP contribution in [0, 0.1) is 11.8 Å². The van der Waals surface area contributed by atoms with Crippen molar-refractivity contribution >= 4 is 15.7 Å². The fourth-order valence-corrected chi connectivity index (χ4v) is 4.59. The van der Waals surface area contributed by atoms with Crippen molar-refractivity contribution < 1.29 is 13.2 Å². The first kappa shape index (κ1) is 13.8. The van der Waals surface area contributed by atoms with Crippen molar-refractivity contribution in [3.63, 3.8) is 0 Å². The maximum absolute atomic E-state index is 11.7. The van der Waals surface area contributed by atoms with Crippen LogP contribution in [-0.4, -0.2) is 45.5 Å². The number of nitrogens with one attached hydrogen (secondary N) is 2. The summed E-state index contributed by atoms with van der Waals surface area (Å²) >= 11 is 0. The zero-order chi connectivity index (χ0) is 13.0. The summed E-state index contributed by atoms with van der Waals surface area (Å²) in [6.45, 7) is 2.76. The van der Waals surface area contributed by atoms with E-state index in [1.165, 1.54) is 6.42 Å². The van der Waals surface area contributed by atoms with Gasteiger partial charge in [-0.2, -0.15) is 0 Å². The van der Waals surface area contributed by atoms with Gasteiger partial charge in [0.1, 0.15) is 0 Å². The van der Waals surface area contributed by atoms with Gasteiger partial charge < -0.3 is 10.6 Å². The molecule has 18 heavy (non-hydrogen) atoms. The van der Waals surface area contributed by atoms with Gasteiger partial charge in [0.15, 0.2) is 9.84 Å². The van der Waals surface area contributed by atoms with Crippen LogP contribution in [0.15, 0.2) is 0 Å². The van der Waals surface area contributed by atoms with E-state index < -0.39 is 9.84 Å². The van der Waals surface area contributed by atoms with Gasteiger partial charge in [0.2, 0.25) is 5.91 Å². The highest BCUT2D eigenvalue weighted by molar-refractivity contribution is 7.91. The number of hydrogen-bond acceptors (Lipinski definition) is 4. The number of carbonyl (C=O) groups excluding carboxylic acids is 1. The van der Waals surface area contributed by atoms with Crippen LogP contribution in [0.3, 0.4) is 0 Å². The topological polar surface area (TPSA) is 75.3 Å². The smallest absolute Gasteiger partial charge is 0.220 e. The average molecular weight is 274 g/mol. The minimum atomic E-state index is -2.87. The largest absolute Gasteiger partial charge is 0.356 e. The summed E-state index contributed by atoms with van der Waals surface area (Å²) < 4.78 is 22.6. The van der Waals surface area contributed by atoms with E-state index in [9.17, 15) is 13.2 Å². The Kier molecular flexibility index (Phi) is 4.61. The summed E-state index contributed by atoms with van der Waals surface area (Å²) in [4.78, 5) is 11.7. The highest BCUT2D eigenvalue weighted by Gasteiger charge is 2.29. The van der Waals surface area contributed by atoms with Crippen molar-refractivity contribution in [3.8, 4) is 0 Å². The van der Waals surface area contributed by atoms with Crippen LogP contribution in [0.2, 0.25) is 0 Å². The molecule has 2 aliphatic heterocycles. The molecule has 2 fully saturated rings. The number of sulfone groups is 1. The molecule has 104 valence electrons. The van der Waals surface area contributed by atoms with Crippen molar-refractivity contribution in [2.45, 2.75) is 25.7 Å². The minimum Gasteiger partial charge on any atom is -0.356 e. The van der Waals surface area contributed by atoms with E-state index in [1.54, 1.807) is 0 Å². The maximum Gasteiger partial charge on any atom is 0.220 e. The molecular weight excluding hydrogens is 252 g/mol. The summed E-state index contributed by atoms with van der Waals surface area (Å²) in [6.07, 6.45) is 3.33. The molecule has 0 aliphatic carbocycles. The molecule has 0 aromatic rings. The summed E-state index contributed by atoms with van der Waals surface area (Å²) in [5.74, 6) is 0.986. The maximum atomic E-state index is 11.7. The van der Waals surface area contributed by atoms with E-state index in [0.717, 1.165) is 19.5 Å². The second kappa shape index (κ2) is 6.02. The van der Waals surface area contributed by atoms with E-state index in [1.807, 2.05) is 0 Å². The third-order valence-electron chi connectivity index (χ3n) is 3.79. The van der Waals surface area contributed by atoms with Crippen molar-refractivity contribution in [1.82, 2.24) is 10.6 Å². The Balaban J connectivity index is 1.66. The van der Waals surface area contributed by atoms with Gasteiger partial charge in [-0.05, 0) is 44.2 Å². The second-order valence-corrected chi connectivity index (χ2v) is 7.72. The lowest BCUT2D eigenvalue weighted by atomic mass is 9.99. The molecule has 2 heterocycles. The monoisotopic (exact) mass is 274 g/mol. The molecule has 0 aromatic heterocycles. The molecule has 5 nitrogen and oxygen atoms in total. The lowest BCUT2D eigenvalue weighted by Crippen LogP contribution is -2.38. The highest BCUT2D eigenvalue weighted by Crippen LogP contribution is 2.21. The summed E-state index contributed by atoms with van der Waals surface area (Å²) in [6, 6.07) is 0. The second-order valence-electron chi connectivity index (χ2n) is 5.49. The zero-order valence-electron chi connectivity index (χ0n) is 10.7. The first-order chi connectivity index (χ1) is 8.55. The first-order valence-electron chi connectivity index (χ1n) is 6.73. The quantitative estimate of drug-likeness (QED) is 0.752. The molecule has 0 spiro atoms. The van der Waals surface area contributed by atoms with Crippen LogP contribution in [-0.2, 0) is 14.6 Å². The van der Waals surface area contributed by atoms with Crippen molar-refractivity contribution in [2.24, 2.45) is 11.8 Å². The Bertz CT molecular complexity index is 388. The zero-order valence-corrected chi connectivity index (χ0v) is 11.5. The number of carbonyl (C=O) groups is 1. The number of piperidine rings is 1. The number of amides is 1. The van der Waals surface area contributed by atoms with Gasteiger partial charge in [0, 0.05) is 13.0 Å². The minimum absolute atomic E-state index is 0.00248. The lowest BCUT2D eigenvalue weighted by Gasteiger charge is -2.23. The van der Waals surface area contributed by atoms with Crippen LogP contribution in [0.1, 0.15) is 25.7 Å². The van der Waals surface area contributed by atoms with Gasteiger partial charge in [-0.3, -0.25) is 4.79 Å². The average Bonchev–Trinajstić information content (AvgIpc) is 2.67. The molecule has 2 rings (SSSR count). The predicted octanol–water partition coefficient (Wildman–Crippen LogP) is -0.0730. The van der Waals surface area contributed by atoms with Crippen LogP contribution in [0.25, 0.3) is 0 Å². The van der Waals surface area contributed by atoms with E-state index in [4.69, 9.17) is 0 Å². The first-order valence-corrected chi connectivity index (χ1v) is 8.55. The SMILES string of the molecule is O=C(CC1CCS(=O)(=O)C1)NCC1CCCNC1. The van der Waals surface area contributed by atoms with Crippen molar-refractivity contribution in [2.75, 3.05) is 31.1 Å². The molecule has 0 saturated carbocycles. The van der Waals surface area contributed by atoms with Crippen LogP contribution < -0.4 is 10.6 Å². The summed E-state index contributed by atoms with van der Waals surface area (Å²) in [7, 11) is -2.87. The van der Waals surface area contributed by atoms with E-state index in [2.05, 4.69) is 10.6 Å². The Morgan fingerprint density at radius 1 is 1.28 bits per heavy atom. The van der Waals surface area contributed by atoms with Crippen LogP contribution >= 0.6 is 0 Å². The fourth-order valence-electron chi connectivity index (χ4n) is 2.72. The standard InChI is InChI=1S/C12H22N2O3S/c15-12(6-10-3-5-18(16,17)9-10)14-8-11-2-1-4-13-7-11/h10-11,13H,1-9H2,(H,14,15). The Morgan fingerprint density at radius 2 is 2.11 bits per heavy atom. The van der Waals surface area contributed by atoms with Gasteiger partial charge in [-0.1, -0.05) is 0 Å². The lowest BCUT2D eigenvalue weighted by molar-refractivity contribution is -0.122. The van der Waals surface area contributed by atoms with Crippen LogP contribution in [0.4, 0.5) is 0 Å². The predicted molar refractivity (Wildman–Crippen MR) is 70.0 cm³/mol. The van der Waals surface area contributed by atoms with Gasteiger partial charge in [0.05, 0.1) is 11.5 Å². The van der Waals surface area contributed by atoms with Gasteiger partial charge in [-0.25, -0.2) is 8.42 Å². The van der Waals surface area contributed by atoms with E-state index >= 15 is 0 Å². The normalized spacial score (nSPS) is 31.1. The van der Waals surface area contributed by atoms with Gasteiger partial charge in [0.25, 0.3) is 0 Å². The highest BCUT2D eigenvalue weighted by atomic mass is 32.2. The van der Waals surface area contributed by atoms with Crippen molar-refractivity contribution in [1.29, 1.82) is 0 Å². The summed E-state index contributed by atoms with van der Waals surface area (Å²) in [5.41, 5.74) is 0. The Labute approximate surface area is 109 Å². The molecule has 2 N–H and O–H groups in total. The number of hydrogen-bond donors (Lipinski definition) is 2. The molecule has 1 amide bonds. The van der Waals surface area contributed by atoms with E-state index in [0.29, 0.717) is 25.3 Å². The fraction of sp³-hybridized carbons (Fsp3) is 0.917. The molecule has 6 heteroatoms. The van der Waals surface area contributed by atoms with Crippen LogP contribution in [0.5, 0.6) is 0 Å². The molecule has 2 atom stereocenters. The molecule has 0 radical (unpaired) electrons. The molecule has 2 aliphatic rings. The molecular formula is C12H22N2O3S. The molecule has 0 bridgehead atoms. The Hall–Kier alpha value is -0.620. The molecule has 0 aromatic carbocycles. The third kappa shape index (κ3) is 4.24.